The number of ether oxygens (including phenoxy) is 1. The summed E-state index contributed by atoms with van der Waals surface area (Å²) in [4.78, 5) is 24.9. The maximum atomic E-state index is 12.6. The van der Waals surface area contributed by atoms with E-state index in [1.165, 1.54) is 24.3 Å². The average molecular weight is 431 g/mol. The number of rotatable bonds is 9. The van der Waals surface area contributed by atoms with E-state index in [2.05, 4.69) is 10.0 Å². The molecule has 0 aliphatic carbocycles. The van der Waals surface area contributed by atoms with Crippen LogP contribution in [-0.4, -0.2) is 50.0 Å². The number of hydrogen-bond acceptors (Lipinski definition) is 7. The van der Waals surface area contributed by atoms with Crippen molar-refractivity contribution in [3.63, 3.8) is 0 Å². The molecule has 0 atom stereocenters. The first kappa shape index (κ1) is 21.3. The third kappa shape index (κ3) is 4.78. The van der Waals surface area contributed by atoms with Gasteiger partial charge >= 0.3 is 0 Å². The Morgan fingerprint density at radius 1 is 1.00 bits per heavy atom. The number of imide groups is 1. The van der Waals surface area contributed by atoms with Crippen LogP contribution in [0.3, 0.4) is 0 Å². The van der Waals surface area contributed by atoms with E-state index in [9.17, 15) is 18.0 Å². The van der Waals surface area contributed by atoms with Gasteiger partial charge in [0.1, 0.15) is 11.4 Å². The van der Waals surface area contributed by atoms with Gasteiger partial charge in [-0.15, -0.1) is 0 Å². The number of anilines is 2. The van der Waals surface area contributed by atoms with E-state index in [4.69, 9.17) is 9.84 Å². The van der Waals surface area contributed by atoms with Crippen molar-refractivity contribution in [1.29, 1.82) is 0 Å². The zero-order valence-electron chi connectivity index (χ0n) is 16.2. The molecule has 0 radical (unpaired) electrons. The molecule has 2 aromatic rings. The van der Waals surface area contributed by atoms with Gasteiger partial charge in [-0.2, -0.15) is 0 Å². The van der Waals surface area contributed by atoms with Crippen LogP contribution in [0.1, 0.15) is 6.92 Å². The van der Waals surface area contributed by atoms with E-state index in [1.807, 2.05) is 6.92 Å². The molecule has 0 saturated heterocycles. The van der Waals surface area contributed by atoms with E-state index in [0.29, 0.717) is 23.7 Å². The van der Waals surface area contributed by atoms with Crippen LogP contribution in [-0.2, 0) is 19.6 Å². The van der Waals surface area contributed by atoms with Gasteiger partial charge in [0.05, 0.1) is 24.7 Å². The molecule has 10 heteroatoms. The molecule has 0 fully saturated rings. The molecule has 0 spiro atoms. The van der Waals surface area contributed by atoms with Crippen LogP contribution < -0.4 is 14.8 Å². The van der Waals surface area contributed by atoms with Crippen molar-refractivity contribution >= 4 is 33.2 Å². The van der Waals surface area contributed by atoms with Crippen molar-refractivity contribution in [2.75, 3.05) is 29.8 Å². The summed E-state index contributed by atoms with van der Waals surface area (Å²) in [6, 6.07) is 12.3. The van der Waals surface area contributed by atoms with Gasteiger partial charge in [-0.05, 0) is 55.5 Å². The lowest BCUT2D eigenvalue weighted by Crippen LogP contribution is -2.34. The summed E-state index contributed by atoms with van der Waals surface area (Å²) in [6.07, 6.45) is 1.14. The van der Waals surface area contributed by atoms with Crippen molar-refractivity contribution in [2.45, 2.75) is 11.8 Å². The normalized spacial score (nSPS) is 13.9. The maximum absolute atomic E-state index is 12.6. The number of hydrogen-bond donors (Lipinski definition) is 3. The quantitative estimate of drug-likeness (QED) is 0.514. The Bertz CT molecular complexity index is 1060. The third-order valence-corrected chi connectivity index (χ3v) is 5.59. The maximum Gasteiger partial charge on any atom is 0.277 e. The fourth-order valence-electron chi connectivity index (χ4n) is 2.78. The van der Waals surface area contributed by atoms with Crippen molar-refractivity contribution in [2.24, 2.45) is 0 Å². The number of carbonyl (C=O) groups is 2. The number of aliphatic hydroxyl groups excluding tert-OH is 1. The molecule has 0 aromatic heterocycles. The summed E-state index contributed by atoms with van der Waals surface area (Å²) < 4.78 is 33.0. The van der Waals surface area contributed by atoms with Gasteiger partial charge in [-0.1, -0.05) is 0 Å². The molecule has 0 bridgehead atoms. The first-order valence-corrected chi connectivity index (χ1v) is 10.6. The Kier molecular flexibility index (Phi) is 6.38. The molecule has 1 aliphatic heterocycles. The third-order valence-electron chi connectivity index (χ3n) is 4.19. The van der Waals surface area contributed by atoms with Crippen LogP contribution in [0, 0.1) is 0 Å². The van der Waals surface area contributed by atoms with Gasteiger partial charge in [-0.25, -0.2) is 8.42 Å². The van der Waals surface area contributed by atoms with Gasteiger partial charge in [0, 0.05) is 17.5 Å². The number of nitrogens with one attached hydrogen (secondary N) is 2. The molecule has 1 heterocycles. The van der Waals surface area contributed by atoms with Crippen molar-refractivity contribution in [1.82, 2.24) is 4.90 Å². The Morgan fingerprint density at radius 3 is 2.23 bits per heavy atom. The van der Waals surface area contributed by atoms with Crippen LogP contribution in [0.5, 0.6) is 5.75 Å². The van der Waals surface area contributed by atoms with Crippen LogP contribution in [0.15, 0.2) is 65.2 Å². The summed E-state index contributed by atoms with van der Waals surface area (Å²) in [5.41, 5.74) is 0.884. The van der Waals surface area contributed by atoms with Crippen molar-refractivity contribution in [3.8, 4) is 5.75 Å². The van der Waals surface area contributed by atoms with Crippen molar-refractivity contribution in [3.05, 3.63) is 60.3 Å². The largest absolute Gasteiger partial charge is 0.494 e. The lowest BCUT2D eigenvalue weighted by atomic mass is 10.3. The predicted molar refractivity (Wildman–Crippen MR) is 110 cm³/mol. The van der Waals surface area contributed by atoms with Crippen LogP contribution in [0.25, 0.3) is 0 Å². The van der Waals surface area contributed by atoms with Crippen LogP contribution in [0.4, 0.5) is 11.4 Å². The fourth-order valence-corrected chi connectivity index (χ4v) is 3.84. The number of aliphatic hydroxyl groups is 1. The van der Waals surface area contributed by atoms with Crippen LogP contribution >= 0.6 is 0 Å². The summed E-state index contributed by atoms with van der Waals surface area (Å²) in [6.45, 7) is 1.96. The Hall–Kier alpha value is -3.37. The SMILES string of the molecule is CCOc1ccc(NS(=O)(=O)c2ccc(NC3=CC(=O)N(CCO)C3=O)cc2)cc1. The van der Waals surface area contributed by atoms with E-state index in [0.717, 1.165) is 11.0 Å². The van der Waals surface area contributed by atoms with Gasteiger partial charge in [0.15, 0.2) is 0 Å². The van der Waals surface area contributed by atoms with E-state index in [-0.39, 0.29) is 23.7 Å². The van der Waals surface area contributed by atoms with Gasteiger partial charge in [0.25, 0.3) is 21.8 Å². The van der Waals surface area contributed by atoms with Gasteiger partial charge in [-0.3, -0.25) is 19.2 Å². The summed E-state index contributed by atoms with van der Waals surface area (Å²) in [5.74, 6) is -0.430. The highest BCUT2D eigenvalue weighted by atomic mass is 32.2. The number of benzene rings is 2. The monoisotopic (exact) mass is 431 g/mol. The topological polar surface area (TPSA) is 125 Å². The second kappa shape index (κ2) is 8.97. The minimum atomic E-state index is -3.81. The van der Waals surface area contributed by atoms with Crippen LogP contribution in [0.2, 0.25) is 0 Å². The first-order chi connectivity index (χ1) is 14.3. The zero-order valence-corrected chi connectivity index (χ0v) is 17.0. The minimum Gasteiger partial charge on any atom is -0.494 e. The number of sulfonamides is 1. The van der Waals surface area contributed by atoms with E-state index >= 15 is 0 Å². The predicted octanol–water partition coefficient (Wildman–Crippen LogP) is 1.54. The van der Waals surface area contributed by atoms with Crippen molar-refractivity contribution < 1.29 is 27.9 Å². The molecule has 1 aliphatic rings. The highest BCUT2D eigenvalue weighted by molar-refractivity contribution is 7.92. The molecule has 2 aromatic carbocycles. The summed E-state index contributed by atoms with van der Waals surface area (Å²) >= 11 is 0. The molecule has 3 N–H and O–H groups in total. The number of β-amino-alcohol motifs (C(OH)–C–C–N with tert-alkyl or cyclic N) is 1. The first-order valence-electron chi connectivity index (χ1n) is 9.15. The number of nitrogens with zero attached hydrogens (tertiary/aromatic N) is 1. The standard InChI is InChI=1S/C20H21N3O6S/c1-2-29-16-7-3-15(4-8-16)22-30(27,28)17-9-5-14(6-10-17)21-18-13-19(25)23(11-12-24)20(18)26/h3-10,13,21-22,24H,2,11-12H2,1H3. The number of carbonyl (C=O) groups excluding carboxylic acids is 2. The summed E-state index contributed by atoms with van der Waals surface area (Å²) in [7, 11) is -3.81. The smallest absolute Gasteiger partial charge is 0.277 e. The molecule has 9 nitrogen and oxygen atoms in total. The number of amides is 2. The minimum absolute atomic E-state index is 0.0339. The van der Waals surface area contributed by atoms with Gasteiger partial charge < -0.3 is 15.2 Å². The fraction of sp³-hybridized carbons (Fsp3) is 0.200. The molecule has 30 heavy (non-hydrogen) atoms. The molecular weight excluding hydrogens is 410 g/mol. The average Bonchev–Trinajstić information content (AvgIpc) is 2.98. The lowest BCUT2D eigenvalue weighted by molar-refractivity contribution is -0.137. The molecule has 2 amide bonds. The molecular formula is C20H21N3O6S. The molecule has 3 rings (SSSR count). The summed E-state index contributed by atoms with van der Waals surface area (Å²) in [5, 5.41) is 11.7. The zero-order chi connectivity index (χ0) is 21.7. The molecule has 0 unspecified atom stereocenters. The van der Waals surface area contributed by atoms with E-state index < -0.39 is 21.8 Å². The second-order valence-electron chi connectivity index (χ2n) is 6.29. The Balaban J connectivity index is 1.68. The highest BCUT2D eigenvalue weighted by Crippen LogP contribution is 2.22. The molecule has 0 saturated carbocycles. The molecule has 158 valence electrons. The Morgan fingerprint density at radius 2 is 1.63 bits per heavy atom. The second-order valence-corrected chi connectivity index (χ2v) is 7.97. The van der Waals surface area contributed by atoms with Gasteiger partial charge in [0.2, 0.25) is 0 Å². The Labute approximate surface area is 174 Å². The van der Waals surface area contributed by atoms with E-state index in [1.54, 1.807) is 24.3 Å². The highest BCUT2D eigenvalue weighted by Gasteiger charge is 2.30. The lowest BCUT2D eigenvalue weighted by Gasteiger charge is -2.13.